The lowest BCUT2D eigenvalue weighted by atomic mass is 9.84. The Morgan fingerprint density at radius 3 is 2.73 bits per heavy atom. The Labute approximate surface area is 134 Å². The van der Waals surface area contributed by atoms with Crippen LogP contribution >= 0.6 is 12.4 Å². The van der Waals surface area contributed by atoms with E-state index in [0.29, 0.717) is 11.3 Å². The molecule has 3 saturated heterocycles. The van der Waals surface area contributed by atoms with E-state index in [9.17, 15) is 9.18 Å². The molecule has 0 unspecified atom stereocenters. The molecule has 4 nitrogen and oxygen atoms in total. The van der Waals surface area contributed by atoms with E-state index < -0.39 is 5.82 Å². The fraction of sp³-hybridized carbons (Fsp3) is 0.438. The SMILES string of the molecule is Cl.O=C(N[C@H]1CN2CCC1CC2)c1cc2cccc(F)c2o1. The van der Waals surface area contributed by atoms with Crippen molar-refractivity contribution in [3.05, 3.63) is 35.8 Å². The Balaban J connectivity index is 0.00000144. The number of nitrogens with zero attached hydrogens (tertiary/aromatic N) is 1. The van der Waals surface area contributed by atoms with Crippen LogP contribution in [-0.4, -0.2) is 36.5 Å². The quantitative estimate of drug-likeness (QED) is 0.924. The number of halogens is 2. The smallest absolute Gasteiger partial charge is 0.287 e. The van der Waals surface area contributed by atoms with Gasteiger partial charge in [-0.3, -0.25) is 4.79 Å². The van der Waals surface area contributed by atoms with Crippen LogP contribution in [0.15, 0.2) is 28.7 Å². The van der Waals surface area contributed by atoms with Crippen LogP contribution in [-0.2, 0) is 0 Å². The summed E-state index contributed by atoms with van der Waals surface area (Å²) in [7, 11) is 0. The van der Waals surface area contributed by atoms with Crippen LogP contribution in [0.2, 0.25) is 0 Å². The standard InChI is InChI=1S/C16H17FN2O2.ClH/c17-12-3-1-2-11-8-14(21-15(11)12)16(20)18-13-9-19-6-4-10(13)5-7-19;/h1-3,8,10,13H,4-7,9H2,(H,18,20);1H/t13-;/m0./s1. The molecule has 1 atom stereocenters. The first-order valence-corrected chi connectivity index (χ1v) is 7.42. The van der Waals surface area contributed by atoms with Crippen LogP contribution in [0.25, 0.3) is 11.0 Å². The average molecular weight is 325 g/mol. The largest absolute Gasteiger partial charge is 0.448 e. The highest BCUT2D eigenvalue weighted by Crippen LogP contribution is 2.28. The van der Waals surface area contributed by atoms with E-state index >= 15 is 0 Å². The third-order valence-electron chi connectivity index (χ3n) is 4.69. The van der Waals surface area contributed by atoms with Crippen molar-refractivity contribution in [2.75, 3.05) is 19.6 Å². The molecule has 2 aromatic rings. The van der Waals surface area contributed by atoms with E-state index in [2.05, 4.69) is 10.2 Å². The van der Waals surface area contributed by atoms with Gasteiger partial charge in [0.2, 0.25) is 0 Å². The van der Waals surface area contributed by atoms with Crippen LogP contribution in [0.3, 0.4) is 0 Å². The zero-order chi connectivity index (χ0) is 14.4. The van der Waals surface area contributed by atoms with Gasteiger partial charge in [0.25, 0.3) is 5.91 Å². The summed E-state index contributed by atoms with van der Waals surface area (Å²) in [4.78, 5) is 14.7. The first-order chi connectivity index (χ1) is 10.2. The lowest BCUT2D eigenvalue weighted by molar-refractivity contribution is 0.0607. The Morgan fingerprint density at radius 2 is 2.09 bits per heavy atom. The fourth-order valence-corrected chi connectivity index (χ4v) is 3.51. The van der Waals surface area contributed by atoms with Crippen molar-refractivity contribution in [3.8, 4) is 0 Å². The zero-order valence-corrected chi connectivity index (χ0v) is 12.9. The molecule has 1 N–H and O–H groups in total. The van der Waals surface area contributed by atoms with Gasteiger partial charge in [-0.25, -0.2) is 4.39 Å². The summed E-state index contributed by atoms with van der Waals surface area (Å²) in [5.41, 5.74) is 0.150. The van der Waals surface area contributed by atoms with Crippen LogP contribution in [0.5, 0.6) is 0 Å². The Morgan fingerprint density at radius 1 is 1.32 bits per heavy atom. The summed E-state index contributed by atoms with van der Waals surface area (Å²) in [5.74, 6) is 0.0605. The van der Waals surface area contributed by atoms with Crippen molar-refractivity contribution in [3.63, 3.8) is 0 Å². The van der Waals surface area contributed by atoms with Gasteiger partial charge in [-0.15, -0.1) is 12.4 Å². The second-order valence-corrected chi connectivity index (χ2v) is 5.99. The zero-order valence-electron chi connectivity index (χ0n) is 12.0. The normalized spacial score (nSPS) is 26.7. The number of hydrogen-bond acceptors (Lipinski definition) is 3. The number of para-hydroxylation sites is 1. The summed E-state index contributed by atoms with van der Waals surface area (Å²) in [5, 5.41) is 3.67. The summed E-state index contributed by atoms with van der Waals surface area (Å²) in [6.45, 7) is 3.17. The van der Waals surface area contributed by atoms with Gasteiger partial charge in [0.05, 0.1) is 0 Å². The topological polar surface area (TPSA) is 45.5 Å². The molecule has 22 heavy (non-hydrogen) atoms. The van der Waals surface area contributed by atoms with E-state index in [-0.39, 0.29) is 35.7 Å². The summed E-state index contributed by atoms with van der Waals surface area (Å²) in [6, 6.07) is 6.48. The highest BCUT2D eigenvalue weighted by Gasteiger charge is 2.35. The number of fused-ring (bicyclic) bond motifs is 4. The number of amides is 1. The summed E-state index contributed by atoms with van der Waals surface area (Å²) < 4.78 is 19.0. The maximum absolute atomic E-state index is 13.6. The number of piperidine rings is 3. The monoisotopic (exact) mass is 324 g/mol. The molecule has 6 heteroatoms. The summed E-state index contributed by atoms with van der Waals surface area (Å²) >= 11 is 0. The van der Waals surface area contributed by atoms with E-state index in [1.54, 1.807) is 18.2 Å². The van der Waals surface area contributed by atoms with E-state index in [1.165, 1.54) is 6.07 Å². The van der Waals surface area contributed by atoms with Gasteiger partial charge in [0.15, 0.2) is 17.2 Å². The maximum Gasteiger partial charge on any atom is 0.287 e. The Kier molecular flexibility index (Phi) is 4.10. The molecule has 118 valence electrons. The second kappa shape index (κ2) is 5.89. The number of carbonyl (C=O) groups is 1. The van der Waals surface area contributed by atoms with Crippen molar-refractivity contribution in [1.29, 1.82) is 0 Å². The van der Waals surface area contributed by atoms with Gasteiger partial charge >= 0.3 is 0 Å². The van der Waals surface area contributed by atoms with Crippen molar-refractivity contribution >= 4 is 29.3 Å². The molecule has 3 fully saturated rings. The van der Waals surface area contributed by atoms with Crippen molar-refractivity contribution in [2.24, 2.45) is 5.92 Å². The fourth-order valence-electron chi connectivity index (χ4n) is 3.51. The molecule has 0 aliphatic carbocycles. The molecule has 3 aliphatic heterocycles. The van der Waals surface area contributed by atoms with Gasteiger partial charge in [0, 0.05) is 18.0 Å². The van der Waals surface area contributed by atoms with Crippen LogP contribution in [0, 0.1) is 11.7 Å². The van der Waals surface area contributed by atoms with Crippen LogP contribution < -0.4 is 5.32 Å². The van der Waals surface area contributed by atoms with Gasteiger partial charge in [-0.1, -0.05) is 12.1 Å². The second-order valence-electron chi connectivity index (χ2n) is 5.99. The predicted octanol–water partition coefficient (Wildman–Crippen LogP) is 2.82. The van der Waals surface area contributed by atoms with Crippen molar-refractivity contribution in [1.82, 2.24) is 10.2 Å². The third-order valence-corrected chi connectivity index (χ3v) is 4.69. The lowest BCUT2D eigenvalue weighted by Gasteiger charge is -2.44. The van der Waals surface area contributed by atoms with Crippen molar-refractivity contribution in [2.45, 2.75) is 18.9 Å². The number of carbonyl (C=O) groups excluding carboxylic acids is 1. The van der Waals surface area contributed by atoms with E-state index in [1.807, 2.05) is 0 Å². The van der Waals surface area contributed by atoms with E-state index in [0.717, 1.165) is 32.5 Å². The number of hydrogen-bond donors (Lipinski definition) is 1. The summed E-state index contributed by atoms with van der Waals surface area (Å²) in [6.07, 6.45) is 2.28. The lowest BCUT2D eigenvalue weighted by Crippen LogP contribution is -2.57. The number of benzene rings is 1. The number of rotatable bonds is 2. The molecule has 5 rings (SSSR count). The molecule has 0 saturated carbocycles. The number of nitrogens with one attached hydrogen (secondary N) is 1. The predicted molar refractivity (Wildman–Crippen MR) is 83.8 cm³/mol. The van der Waals surface area contributed by atoms with Gasteiger partial charge < -0.3 is 14.6 Å². The Bertz CT molecular complexity index is 695. The van der Waals surface area contributed by atoms with Crippen LogP contribution in [0.4, 0.5) is 4.39 Å². The molecular formula is C16H18ClFN2O2. The minimum atomic E-state index is -0.436. The number of furan rings is 1. The molecule has 3 aliphatic rings. The van der Waals surface area contributed by atoms with Crippen LogP contribution in [0.1, 0.15) is 23.4 Å². The molecular weight excluding hydrogens is 307 g/mol. The maximum atomic E-state index is 13.6. The van der Waals surface area contributed by atoms with Gasteiger partial charge in [-0.2, -0.15) is 0 Å². The molecule has 2 bridgehead atoms. The van der Waals surface area contributed by atoms with Gasteiger partial charge in [0.1, 0.15) is 0 Å². The first kappa shape index (κ1) is 15.3. The molecule has 4 heterocycles. The molecule has 1 amide bonds. The first-order valence-electron chi connectivity index (χ1n) is 7.42. The molecule has 0 radical (unpaired) electrons. The minimum Gasteiger partial charge on any atom is -0.448 e. The molecule has 1 aromatic heterocycles. The average Bonchev–Trinajstić information content (AvgIpc) is 2.94. The molecule has 1 aromatic carbocycles. The minimum absolute atomic E-state index is 0. The third kappa shape index (κ3) is 2.59. The van der Waals surface area contributed by atoms with Gasteiger partial charge in [-0.05, 0) is 44.0 Å². The van der Waals surface area contributed by atoms with E-state index in [4.69, 9.17) is 4.42 Å². The highest BCUT2D eigenvalue weighted by atomic mass is 35.5. The molecule has 0 spiro atoms. The highest BCUT2D eigenvalue weighted by molar-refractivity contribution is 5.96. The van der Waals surface area contributed by atoms with Crippen molar-refractivity contribution < 1.29 is 13.6 Å². The Hall–Kier alpha value is -1.59.